The molecule has 3 heterocycles. The van der Waals surface area contributed by atoms with E-state index < -0.39 is 0 Å². The van der Waals surface area contributed by atoms with Crippen molar-refractivity contribution >= 4 is 47.5 Å². The molecule has 0 unspecified atom stereocenters. The lowest BCUT2D eigenvalue weighted by molar-refractivity contribution is -0.131. The predicted molar refractivity (Wildman–Crippen MR) is 151 cm³/mol. The first kappa shape index (κ1) is 28.9. The molecule has 0 spiro atoms. The number of nitrogens with one attached hydrogen (secondary N) is 1. The molecule has 38 heavy (non-hydrogen) atoms. The van der Waals surface area contributed by atoms with Gasteiger partial charge in [0.25, 0.3) is 0 Å². The van der Waals surface area contributed by atoms with Crippen LogP contribution < -0.4 is 5.32 Å². The van der Waals surface area contributed by atoms with E-state index in [2.05, 4.69) is 10.2 Å². The molecule has 0 saturated carbocycles. The number of likely N-dealkylation sites (tertiary alicyclic amines) is 1. The van der Waals surface area contributed by atoms with Crippen molar-refractivity contribution in [3.63, 3.8) is 0 Å². The molecule has 206 valence electrons. The van der Waals surface area contributed by atoms with Gasteiger partial charge in [0, 0.05) is 61.3 Å². The maximum atomic E-state index is 13.9. The van der Waals surface area contributed by atoms with Crippen molar-refractivity contribution in [1.29, 1.82) is 0 Å². The summed E-state index contributed by atoms with van der Waals surface area (Å²) in [5.74, 6) is 0.00261. The van der Waals surface area contributed by atoms with Crippen LogP contribution in [0.1, 0.15) is 48.4 Å². The monoisotopic (exact) mass is 582 g/mol. The molecule has 3 aliphatic rings. The molecule has 2 aromatic rings. The molecule has 0 aromatic heterocycles. The number of carbonyl (C=O) groups is 2. The van der Waals surface area contributed by atoms with Gasteiger partial charge in [-0.1, -0.05) is 29.3 Å². The van der Waals surface area contributed by atoms with Crippen LogP contribution in [-0.4, -0.2) is 71.4 Å². The maximum Gasteiger partial charge on any atom is 0.317 e. The fraction of sp³-hybridized carbons (Fsp3) is 0.500. The van der Waals surface area contributed by atoms with Crippen LogP contribution >= 0.6 is 35.6 Å². The minimum Gasteiger partial charge on any atom is -0.338 e. The SMILES string of the molecule is Cc1cc(F)ccc1[C@H]1C[C@@H](N2CCN3C(=O)CC[C@H]3C2)CCN1C(=O)NCCc1cc(Cl)cc(Cl)c1.Cl. The normalized spacial score (nSPS) is 23.7. The minimum atomic E-state index is -0.271. The molecule has 3 atom stereocenters. The van der Waals surface area contributed by atoms with Gasteiger partial charge in [0.05, 0.1) is 6.04 Å². The van der Waals surface area contributed by atoms with Crippen LogP contribution in [0.3, 0.4) is 0 Å². The molecule has 10 heteroatoms. The Labute approximate surface area is 239 Å². The van der Waals surface area contributed by atoms with Crippen molar-refractivity contribution in [3.8, 4) is 0 Å². The number of piperazine rings is 1. The molecular weight excluding hydrogens is 550 g/mol. The average molecular weight is 584 g/mol. The number of piperidine rings is 1. The van der Waals surface area contributed by atoms with Crippen LogP contribution in [0, 0.1) is 12.7 Å². The van der Waals surface area contributed by atoms with E-state index in [1.54, 1.807) is 12.1 Å². The second-order valence-corrected chi connectivity index (χ2v) is 11.3. The summed E-state index contributed by atoms with van der Waals surface area (Å²) in [5, 5.41) is 4.22. The Morgan fingerprint density at radius 2 is 1.82 bits per heavy atom. The van der Waals surface area contributed by atoms with Crippen LogP contribution in [0.4, 0.5) is 9.18 Å². The van der Waals surface area contributed by atoms with E-state index in [1.165, 1.54) is 6.07 Å². The van der Waals surface area contributed by atoms with Crippen LogP contribution in [0.25, 0.3) is 0 Å². The zero-order chi connectivity index (χ0) is 26.1. The van der Waals surface area contributed by atoms with Gasteiger partial charge >= 0.3 is 6.03 Å². The topological polar surface area (TPSA) is 55.9 Å². The minimum absolute atomic E-state index is 0. The highest BCUT2D eigenvalue weighted by atomic mass is 35.5. The smallest absolute Gasteiger partial charge is 0.317 e. The number of aryl methyl sites for hydroxylation is 1. The summed E-state index contributed by atoms with van der Waals surface area (Å²) >= 11 is 12.2. The van der Waals surface area contributed by atoms with E-state index in [0.29, 0.717) is 48.1 Å². The third-order valence-electron chi connectivity index (χ3n) is 8.08. The van der Waals surface area contributed by atoms with Gasteiger partial charge in [-0.15, -0.1) is 12.4 Å². The number of hydrogen-bond donors (Lipinski definition) is 1. The molecule has 3 fully saturated rings. The number of rotatable bonds is 5. The van der Waals surface area contributed by atoms with Crippen LogP contribution in [0.2, 0.25) is 10.0 Å². The number of nitrogens with zero attached hydrogens (tertiary/aromatic N) is 3. The number of fused-ring (bicyclic) bond motifs is 1. The average Bonchev–Trinajstić information content (AvgIpc) is 3.23. The number of benzene rings is 2. The Morgan fingerprint density at radius 1 is 1.05 bits per heavy atom. The van der Waals surface area contributed by atoms with Crippen LogP contribution in [-0.2, 0) is 11.2 Å². The summed E-state index contributed by atoms with van der Waals surface area (Å²) in [6.07, 6.45) is 3.84. The second kappa shape index (κ2) is 12.4. The molecule has 3 amide bonds. The molecule has 5 rings (SSSR count). The fourth-order valence-electron chi connectivity index (χ4n) is 6.22. The van der Waals surface area contributed by atoms with Gasteiger partial charge in [-0.2, -0.15) is 0 Å². The molecule has 2 aromatic carbocycles. The lowest BCUT2D eigenvalue weighted by Crippen LogP contribution is -2.57. The third-order valence-corrected chi connectivity index (χ3v) is 8.52. The molecule has 6 nitrogen and oxygen atoms in total. The molecule has 0 aliphatic carbocycles. The largest absolute Gasteiger partial charge is 0.338 e. The van der Waals surface area contributed by atoms with Crippen LogP contribution in [0.15, 0.2) is 36.4 Å². The number of halogens is 4. The van der Waals surface area contributed by atoms with Gasteiger partial charge < -0.3 is 15.1 Å². The third kappa shape index (κ3) is 6.39. The number of hydrogen-bond acceptors (Lipinski definition) is 3. The Kier molecular flexibility index (Phi) is 9.45. The van der Waals surface area contributed by atoms with Gasteiger partial charge in [-0.25, -0.2) is 9.18 Å². The quantitative estimate of drug-likeness (QED) is 0.497. The van der Waals surface area contributed by atoms with Gasteiger partial charge in [0.1, 0.15) is 5.82 Å². The van der Waals surface area contributed by atoms with Gasteiger partial charge in [0.15, 0.2) is 0 Å². The van der Waals surface area contributed by atoms with Gasteiger partial charge in [0.2, 0.25) is 5.91 Å². The lowest BCUT2D eigenvalue weighted by atomic mass is 9.88. The van der Waals surface area contributed by atoms with E-state index in [-0.39, 0.29) is 36.2 Å². The lowest BCUT2D eigenvalue weighted by Gasteiger charge is -2.47. The number of amides is 3. The first-order valence-electron chi connectivity index (χ1n) is 13.1. The molecule has 3 aliphatic heterocycles. The highest BCUT2D eigenvalue weighted by Gasteiger charge is 2.41. The number of urea groups is 1. The summed E-state index contributed by atoms with van der Waals surface area (Å²) in [7, 11) is 0. The Hall–Kier alpha value is -2.06. The summed E-state index contributed by atoms with van der Waals surface area (Å²) in [6.45, 7) is 5.51. The van der Waals surface area contributed by atoms with Crippen molar-refractivity contribution in [3.05, 3.63) is 69.0 Å². The fourth-order valence-corrected chi connectivity index (χ4v) is 6.79. The first-order valence-corrected chi connectivity index (χ1v) is 13.8. The Bertz CT molecular complexity index is 1160. The van der Waals surface area contributed by atoms with E-state index >= 15 is 0 Å². The van der Waals surface area contributed by atoms with E-state index in [4.69, 9.17) is 23.2 Å². The molecule has 1 N–H and O–H groups in total. The van der Waals surface area contributed by atoms with Gasteiger partial charge in [-0.3, -0.25) is 9.69 Å². The molecule has 3 saturated heterocycles. The summed E-state index contributed by atoms with van der Waals surface area (Å²) in [4.78, 5) is 32.0. The van der Waals surface area contributed by atoms with Gasteiger partial charge in [-0.05, 0) is 79.6 Å². The summed E-state index contributed by atoms with van der Waals surface area (Å²) in [6, 6.07) is 10.6. The first-order chi connectivity index (χ1) is 17.8. The zero-order valence-corrected chi connectivity index (χ0v) is 23.8. The van der Waals surface area contributed by atoms with Crippen molar-refractivity contribution in [2.45, 2.75) is 57.2 Å². The summed E-state index contributed by atoms with van der Waals surface area (Å²) < 4.78 is 13.9. The predicted octanol–water partition coefficient (Wildman–Crippen LogP) is 5.63. The van der Waals surface area contributed by atoms with Crippen molar-refractivity contribution in [2.75, 3.05) is 32.7 Å². The molecular formula is C28H34Cl3FN4O2. The van der Waals surface area contributed by atoms with Crippen molar-refractivity contribution in [1.82, 2.24) is 20.0 Å². The van der Waals surface area contributed by atoms with E-state index in [0.717, 1.165) is 55.6 Å². The van der Waals surface area contributed by atoms with Crippen LogP contribution in [0.5, 0.6) is 0 Å². The Morgan fingerprint density at radius 3 is 2.55 bits per heavy atom. The number of carbonyl (C=O) groups excluding carboxylic acids is 2. The van der Waals surface area contributed by atoms with Crippen molar-refractivity contribution in [2.24, 2.45) is 0 Å². The highest BCUT2D eigenvalue weighted by Crippen LogP contribution is 2.36. The maximum absolute atomic E-state index is 13.9. The van der Waals surface area contributed by atoms with E-state index in [1.807, 2.05) is 34.9 Å². The summed E-state index contributed by atoms with van der Waals surface area (Å²) in [5.41, 5.74) is 2.80. The highest BCUT2D eigenvalue weighted by molar-refractivity contribution is 6.34. The standard InChI is InChI=1S/C28H33Cl2FN4O2.ClH/c1-18-12-22(31)2-4-25(18)26-16-23(33-10-11-34-24(17-33)3-5-27(34)36)7-9-35(26)28(37)32-8-6-19-13-20(29)15-21(30)14-19;/h2,4,12-15,23-24,26H,3,5-11,16-17H2,1H3,(H,32,37);1H/t23-,24-,26+;/m0./s1. The second-order valence-electron chi connectivity index (χ2n) is 10.4. The zero-order valence-electron chi connectivity index (χ0n) is 21.5. The molecule has 0 radical (unpaired) electrons. The Balaban J connectivity index is 0.00000336. The molecule has 0 bridgehead atoms. The van der Waals surface area contributed by atoms with Crippen molar-refractivity contribution < 1.29 is 14.0 Å². The van der Waals surface area contributed by atoms with E-state index in [9.17, 15) is 14.0 Å².